The van der Waals surface area contributed by atoms with Gasteiger partial charge in [0.2, 0.25) is 11.8 Å². The van der Waals surface area contributed by atoms with Crippen molar-refractivity contribution in [2.45, 2.75) is 18.0 Å². The quantitative estimate of drug-likeness (QED) is 0.291. The van der Waals surface area contributed by atoms with Gasteiger partial charge in [-0.25, -0.2) is 0 Å². The lowest BCUT2D eigenvalue weighted by Crippen LogP contribution is -2.57. The summed E-state index contributed by atoms with van der Waals surface area (Å²) in [6.07, 6.45) is -0.857. The molecule has 2 heterocycles. The van der Waals surface area contributed by atoms with E-state index < -0.39 is 53.6 Å². The molecule has 10 heteroatoms. The topological polar surface area (TPSA) is 145 Å². The standard InChI is InChI=1S/C29H27N3O7/c33-22(34)17-29(28(37)38)24-23(26(35)32(27(24)36)16-15-30-19-7-3-1-4-8-19)25(31-29)18-11-13-21(14-12-18)39-20-9-5-2-6-10-20/h1-14,23-25,30-31H,15-17H2,(H,33,34)(H,37,38). The zero-order valence-electron chi connectivity index (χ0n) is 20.8. The molecule has 2 aliphatic heterocycles. The van der Waals surface area contributed by atoms with Crippen LogP contribution in [-0.4, -0.2) is 57.5 Å². The summed E-state index contributed by atoms with van der Waals surface area (Å²) >= 11 is 0. The van der Waals surface area contributed by atoms with Crippen LogP contribution in [0, 0.1) is 11.8 Å². The summed E-state index contributed by atoms with van der Waals surface area (Å²) in [5.74, 6) is -5.40. The van der Waals surface area contributed by atoms with Crippen LogP contribution >= 0.6 is 0 Å². The van der Waals surface area contributed by atoms with Crippen LogP contribution in [0.4, 0.5) is 5.69 Å². The Labute approximate surface area is 224 Å². The monoisotopic (exact) mass is 529 g/mol. The maximum Gasteiger partial charge on any atom is 0.325 e. The van der Waals surface area contributed by atoms with Crippen LogP contribution in [0.5, 0.6) is 11.5 Å². The average Bonchev–Trinajstić information content (AvgIpc) is 3.39. The number of likely N-dealkylation sites (tertiary alicyclic amines) is 1. The Hall–Kier alpha value is -4.70. The lowest BCUT2D eigenvalue weighted by Gasteiger charge is -2.29. The third-order valence-electron chi connectivity index (χ3n) is 7.21. The number of carbonyl (C=O) groups is 4. The van der Waals surface area contributed by atoms with Gasteiger partial charge >= 0.3 is 11.9 Å². The van der Waals surface area contributed by atoms with E-state index >= 15 is 0 Å². The first-order chi connectivity index (χ1) is 18.8. The van der Waals surface area contributed by atoms with Crippen molar-refractivity contribution in [3.8, 4) is 11.5 Å². The highest BCUT2D eigenvalue weighted by molar-refractivity contribution is 6.10. The second kappa shape index (κ2) is 10.6. The van der Waals surface area contributed by atoms with Gasteiger partial charge < -0.3 is 20.3 Å². The predicted octanol–water partition coefficient (Wildman–Crippen LogP) is 3.13. The van der Waals surface area contributed by atoms with Gasteiger partial charge in [0.15, 0.2) is 0 Å². The molecule has 2 saturated heterocycles. The Kier molecular flexibility index (Phi) is 7.03. The molecule has 4 N–H and O–H groups in total. The van der Waals surface area contributed by atoms with Crippen molar-refractivity contribution >= 4 is 29.4 Å². The van der Waals surface area contributed by atoms with Crippen molar-refractivity contribution in [3.05, 3.63) is 90.5 Å². The highest BCUT2D eigenvalue weighted by atomic mass is 16.5. The van der Waals surface area contributed by atoms with Crippen LogP contribution in [0.15, 0.2) is 84.9 Å². The largest absolute Gasteiger partial charge is 0.481 e. The average molecular weight is 530 g/mol. The van der Waals surface area contributed by atoms with Crippen molar-refractivity contribution in [3.63, 3.8) is 0 Å². The van der Waals surface area contributed by atoms with Crippen molar-refractivity contribution < 1.29 is 34.1 Å². The molecule has 4 unspecified atom stereocenters. The third kappa shape index (κ3) is 4.94. The minimum absolute atomic E-state index is 0.0128. The lowest BCUT2D eigenvalue weighted by atomic mass is 9.77. The van der Waals surface area contributed by atoms with E-state index in [-0.39, 0.29) is 13.1 Å². The summed E-state index contributed by atoms with van der Waals surface area (Å²) in [4.78, 5) is 52.5. The number of hydrogen-bond donors (Lipinski definition) is 4. The molecule has 0 saturated carbocycles. The molecule has 3 aromatic rings. The Balaban J connectivity index is 1.42. The molecule has 200 valence electrons. The number of fused-ring (bicyclic) bond motifs is 1. The van der Waals surface area contributed by atoms with Gasteiger partial charge in [0, 0.05) is 24.8 Å². The first-order valence-corrected chi connectivity index (χ1v) is 12.5. The molecule has 2 fully saturated rings. The van der Waals surface area contributed by atoms with Crippen LogP contribution in [0.25, 0.3) is 0 Å². The van der Waals surface area contributed by atoms with E-state index in [9.17, 15) is 29.4 Å². The summed E-state index contributed by atoms with van der Waals surface area (Å²) in [6.45, 7) is 0.266. The highest BCUT2D eigenvalue weighted by Crippen LogP contribution is 2.50. The second-order valence-electron chi connectivity index (χ2n) is 9.58. The fraction of sp³-hybridized carbons (Fsp3) is 0.241. The molecule has 0 aromatic heterocycles. The lowest BCUT2D eigenvalue weighted by molar-refractivity contribution is -0.155. The summed E-state index contributed by atoms with van der Waals surface area (Å²) in [5.41, 5.74) is -0.793. The number of carboxylic acids is 2. The minimum Gasteiger partial charge on any atom is -0.481 e. The molecular formula is C29H27N3O7. The first kappa shape index (κ1) is 25.9. The number of nitrogens with one attached hydrogen (secondary N) is 2. The van der Waals surface area contributed by atoms with Gasteiger partial charge in [-0.15, -0.1) is 0 Å². The Morgan fingerprint density at radius 3 is 2.10 bits per heavy atom. The predicted molar refractivity (Wildman–Crippen MR) is 140 cm³/mol. The molecule has 2 amide bonds. The van der Waals surface area contributed by atoms with E-state index in [0.29, 0.717) is 17.1 Å². The summed E-state index contributed by atoms with van der Waals surface area (Å²) in [6, 6.07) is 24.2. The maximum atomic E-state index is 13.6. The van der Waals surface area contributed by atoms with Gasteiger partial charge in [0.1, 0.15) is 17.0 Å². The molecular weight excluding hydrogens is 502 g/mol. The number of carbonyl (C=O) groups excluding carboxylic acids is 2. The van der Waals surface area contributed by atoms with Crippen molar-refractivity contribution in [2.75, 3.05) is 18.4 Å². The molecule has 10 nitrogen and oxygen atoms in total. The zero-order valence-corrected chi connectivity index (χ0v) is 20.8. The van der Waals surface area contributed by atoms with E-state index in [1.165, 1.54) is 0 Å². The van der Waals surface area contributed by atoms with E-state index in [2.05, 4.69) is 10.6 Å². The van der Waals surface area contributed by atoms with Gasteiger partial charge in [0.05, 0.1) is 18.3 Å². The molecule has 39 heavy (non-hydrogen) atoms. The maximum absolute atomic E-state index is 13.6. The van der Waals surface area contributed by atoms with Crippen molar-refractivity contribution in [2.24, 2.45) is 11.8 Å². The Morgan fingerprint density at radius 2 is 1.49 bits per heavy atom. The van der Waals surface area contributed by atoms with Crippen LogP contribution in [0.3, 0.4) is 0 Å². The van der Waals surface area contributed by atoms with Crippen molar-refractivity contribution in [1.82, 2.24) is 10.2 Å². The third-order valence-corrected chi connectivity index (χ3v) is 7.21. The van der Waals surface area contributed by atoms with Gasteiger partial charge in [-0.2, -0.15) is 0 Å². The van der Waals surface area contributed by atoms with E-state index in [1.54, 1.807) is 36.4 Å². The molecule has 0 spiro atoms. The molecule has 5 rings (SSSR count). The number of imide groups is 1. The fourth-order valence-electron chi connectivity index (χ4n) is 5.48. The molecule has 3 aromatic carbocycles. The number of carboxylic acid groups (broad SMARTS) is 2. The summed E-state index contributed by atoms with van der Waals surface area (Å²) in [7, 11) is 0. The number of hydrogen-bond acceptors (Lipinski definition) is 7. The number of rotatable bonds is 10. The first-order valence-electron chi connectivity index (χ1n) is 12.5. The normalized spacial score (nSPS) is 23.9. The van der Waals surface area contributed by atoms with Gasteiger partial charge in [0.25, 0.3) is 0 Å². The number of nitrogens with zero attached hydrogens (tertiary/aromatic N) is 1. The minimum atomic E-state index is -2.14. The molecule has 0 bridgehead atoms. The van der Waals surface area contributed by atoms with Crippen LogP contribution < -0.4 is 15.4 Å². The number of aliphatic carboxylic acids is 2. The molecule has 0 radical (unpaired) electrons. The van der Waals surface area contributed by atoms with Crippen LogP contribution in [-0.2, 0) is 19.2 Å². The summed E-state index contributed by atoms with van der Waals surface area (Å²) < 4.78 is 5.82. The highest BCUT2D eigenvalue weighted by Gasteiger charge is 2.68. The van der Waals surface area contributed by atoms with Crippen molar-refractivity contribution in [1.29, 1.82) is 0 Å². The summed E-state index contributed by atoms with van der Waals surface area (Å²) in [5, 5.41) is 25.8. The number of amides is 2. The molecule has 2 aliphatic rings. The number of anilines is 1. The van der Waals surface area contributed by atoms with Gasteiger partial charge in [-0.05, 0) is 42.0 Å². The Bertz CT molecular complexity index is 1380. The number of benzene rings is 3. The van der Waals surface area contributed by atoms with E-state index in [1.807, 2.05) is 48.5 Å². The smallest absolute Gasteiger partial charge is 0.325 e. The molecule has 4 atom stereocenters. The van der Waals surface area contributed by atoms with Gasteiger partial charge in [-0.1, -0.05) is 48.5 Å². The van der Waals surface area contributed by atoms with E-state index in [0.717, 1.165) is 10.6 Å². The molecule has 0 aliphatic carbocycles. The van der Waals surface area contributed by atoms with Crippen LogP contribution in [0.2, 0.25) is 0 Å². The van der Waals surface area contributed by atoms with Gasteiger partial charge in [-0.3, -0.25) is 29.4 Å². The Morgan fingerprint density at radius 1 is 0.872 bits per heavy atom. The fourth-order valence-corrected chi connectivity index (χ4v) is 5.48. The SMILES string of the molecule is O=C(O)CC1(C(=O)O)NC(c2ccc(Oc3ccccc3)cc2)C2C(=O)N(CCNc3ccccc3)C(=O)C21. The number of para-hydroxylation sites is 2. The van der Waals surface area contributed by atoms with E-state index in [4.69, 9.17) is 4.74 Å². The zero-order chi connectivity index (χ0) is 27.6. The second-order valence-corrected chi connectivity index (χ2v) is 9.58. The number of ether oxygens (including phenoxy) is 1. The van der Waals surface area contributed by atoms with Crippen LogP contribution in [0.1, 0.15) is 18.0 Å².